The topological polar surface area (TPSA) is 59.0 Å². The molecule has 1 aliphatic heterocycles. The molecule has 0 spiro atoms. The quantitative estimate of drug-likeness (QED) is 0.661. The zero-order valence-corrected chi connectivity index (χ0v) is 14.9. The molecule has 1 atom stereocenters. The van der Waals surface area contributed by atoms with E-state index in [2.05, 4.69) is 27.9 Å². The van der Waals surface area contributed by atoms with Crippen molar-refractivity contribution >= 4 is 5.91 Å². The van der Waals surface area contributed by atoms with Gasteiger partial charge in [-0.15, -0.1) is 0 Å². The second kappa shape index (κ2) is 7.72. The number of hydrogen-bond acceptors (Lipinski definition) is 3. The predicted molar refractivity (Wildman–Crippen MR) is 102 cm³/mol. The Morgan fingerprint density at radius 2 is 1.93 bits per heavy atom. The maximum atomic E-state index is 13.1. The second-order valence-electron chi connectivity index (χ2n) is 6.64. The second-order valence-corrected chi connectivity index (χ2v) is 6.64. The monoisotopic (exact) mass is 364 g/mol. The van der Waals surface area contributed by atoms with Crippen molar-refractivity contribution in [2.45, 2.75) is 19.0 Å². The number of carbonyl (C=O) groups is 1. The number of fused-ring (bicyclic) bond motifs is 1. The standard InChI is InChI=1S/C21H21FN4O/c22-17-10-8-16(9-11-17)18-13-19-21(27)24-14-20(26(19)25-18)23-12-4-7-15-5-2-1-3-6-15/h1-3,5-6,8-11,13,20,23H,4,7,12,14H2,(H,24,27)/t20-/m1/s1. The molecule has 3 aromatic rings. The van der Waals surface area contributed by atoms with Gasteiger partial charge >= 0.3 is 0 Å². The zero-order chi connectivity index (χ0) is 18.6. The molecule has 138 valence electrons. The Kier molecular flexibility index (Phi) is 4.98. The first-order valence-corrected chi connectivity index (χ1v) is 9.12. The Hall–Kier alpha value is -2.99. The van der Waals surface area contributed by atoms with E-state index in [0.29, 0.717) is 17.9 Å². The summed E-state index contributed by atoms with van der Waals surface area (Å²) in [5, 5.41) is 11.0. The largest absolute Gasteiger partial charge is 0.347 e. The number of amides is 1. The fourth-order valence-corrected chi connectivity index (χ4v) is 3.29. The minimum atomic E-state index is -0.293. The van der Waals surface area contributed by atoms with Gasteiger partial charge in [0.1, 0.15) is 17.7 Å². The van der Waals surface area contributed by atoms with Gasteiger partial charge in [0.15, 0.2) is 0 Å². The Bertz CT molecular complexity index is 921. The van der Waals surface area contributed by atoms with E-state index in [1.807, 2.05) is 18.2 Å². The van der Waals surface area contributed by atoms with Crippen LogP contribution in [0.25, 0.3) is 11.3 Å². The van der Waals surface area contributed by atoms with Crippen LogP contribution in [0.1, 0.15) is 28.6 Å². The van der Waals surface area contributed by atoms with E-state index in [1.165, 1.54) is 17.7 Å². The van der Waals surface area contributed by atoms with Gasteiger partial charge in [-0.2, -0.15) is 5.10 Å². The van der Waals surface area contributed by atoms with Gasteiger partial charge in [0.2, 0.25) is 0 Å². The zero-order valence-electron chi connectivity index (χ0n) is 14.9. The Morgan fingerprint density at radius 3 is 2.70 bits per heavy atom. The van der Waals surface area contributed by atoms with Gasteiger partial charge in [0.25, 0.3) is 5.91 Å². The van der Waals surface area contributed by atoms with Gasteiger partial charge < -0.3 is 5.32 Å². The third-order valence-corrected chi connectivity index (χ3v) is 4.72. The molecule has 0 saturated heterocycles. The molecule has 4 rings (SSSR count). The summed E-state index contributed by atoms with van der Waals surface area (Å²) < 4.78 is 14.9. The first-order chi connectivity index (χ1) is 13.2. The Labute approximate surface area is 157 Å². The molecule has 0 bridgehead atoms. The number of nitrogens with one attached hydrogen (secondary N) is 2. The number of halogens is 1. The van der Waals surface area contributed by atoms with Gasteiger partial charge in [0, 0.05) is 5.56 Å². The number of rotatable bonds is 6. The molecule has 0 fully saturated rings. The molecule has 27 heavy (non-hydrogen) atoms. The highest BCUT2D eigenvalue weighted by molar-refractivity contribution is 5.94. The fraction of sp³-hybridized carbons (Fsp3) is 0.238. The van der Waals surface area contributed by atoms with Crippen LogP contribution in [-0.2, 0) is 6.42 Å². The van der Waals surface area contributed by atoms with Crippen molar-refractivity contribution in [3.8, 4) is 11.3 Å². The summed E-state index contributed by atoms with van der Waals surface area (Å²) in [5.41, 5.74) is 3.28. The van der Waals surface area contributed by atoms with E-state index in [9.17, 15) is 9.18 Å². The maximum Gasteiger partial charge on any atom is 0.269 e. The van der Waals surface area contributed by atoms with Gasteiger partial charge in [-0.3, -0.25) is 10.1 Å². The summed E-state index contributed by atoms with van der Waals surface area (Å²) in [6, 6.07) is 18.3. The van der Waals surface area contributed by atoms with E-state index >= 15 is 0 Å². The van der Waals surface area contributed by atoms with E-state index in [4.69, 9.17) is 0 Å². The number of nitrogens with zero attached hydrogens (tertiary/aromatic N) is 2. The van der Waals surface area contributed by atoms with Crippen LogP contribution in [0.5, 0.6) is 0 Å². The molecule has 0 radical (unpaired) electrons. The van der Waals surface area contributed by atoms with Crippen LogP contribution in [0.15, 0.2) is 60.7 Å². The summed E-state index contributed by atoms with van der Waals surface area (Å²) in [5.74, 6) is -0.434. The van der Waals surface area contributed by atoms with Crippen molar-refractivity contribution in [3.63, 3.8) is 0 Å². The van der Waals surface area contributed by atoms with Crippen LogP contribution < -0.4 is 10.6 Å². The van der Waals surface area contributed by atoms with Gasteiger partial charge in [-0.1, -0.05) is 30.3 Å². The lowest BCUT2D eigenvalue weighted by atomic mass is 10.1. The molecule has 2 N–H and O–H groups in total. The number of benzene rings is 2. The van der Waals surface area contributed by atoms with Crippen LogP contribution in [-0.4, -0.2) is 28.8 Å². The van der Waals surface area contributed by atoms with Crippen LogP contribution >= 0.6 is 0 Å². The normalized spacial score (nSPS) is 16.0. The average molecular weight is 364 g/mol. The third-order valence-electron chi connectivity index (χ3n) is 4.72. The van der Waals surface area contributed by atoms with E-state index in [-0.39, 0.29) is 17.9 Å². The molecular formula is C21H21FN4O. The highest BCUT2D eigenvalue weighted by Gasteiger charge is 2.26. The van der Waals surface area contributed by atoms with Crippen molar-refractivity contribution in [1.82, 2.24) is 20.4 Å². The molecule has 1 aliphatic rings. The van der Waals surface area contributed by atoms with Gasteiger partial charge in [-0.25, -0.2) is 9.07 Å². The van der Waals surface area contributed by atoms with Crippen molar-refractivity contribution < 1.29 is 9.18 Å². The minimum absolute atomic E-state index is 0.0947. The van der Waals surface area contributed by atoms with Crippen molar-refractivity contribution in [2.75, 3.05) is 13.1 Å². The SMILES string of the molecule is O=C1NC[C@H](NCCCc2ccccc2)n2nc(-c3ccc(F)cc3)cc21. The number of carbonyl (C=O) groups excluding carboxylic acids is 1. The first kappa shape index (κ1) is 17.4. The lowest BCUT2D eigenvalue weighted by Crippen LogP contribution is -2.45. The molecule has 5 nitrogen and oxygen atoms in total. The molecule has 1 amide bonds. The van der Waals surface area contributed by atoms with Crippen LogP contribution in [0.2, 0.25) is 0 Å². The molecule has 0 unspecified atom stereocenters. The lowest BCUT2D eigenvalue weighted by molar-refractivity contribution is 0.0900. The number of aryl methyl sites for hydroxylation is 1. The average Bonchev–Trinajstić information content (AvgIpc) is 3.15. The van der Waals surface area contributed by atoms with Crippen LogP contribution in [0, 0.1) is 5.82 Å². The summed E-state index contributed by atoms with van der Waals surface area (Å²) in [7, 11) is 0. The predicted octanol–water partition coefficient (Wildman–Crippen LogP) is 3.15. The molecular weight excluding hydrogens is 343 g/mol. The summed E-state index contributed by atoms with van der Waals surface area (Å²) >= 11 is 0. The highest BCUT2D eigenvalue weighted by atomic mass is 19.1. The minimum Gasteiger partial charge on any atom is -0.347 e. The van der Waals surface area contributed by atoms with E-state index < -0.39 is 0 Å². The molecule has 1 aromatic heterocycles. The van der Waals surface area contributed by atoms with Gasteiger partial charge in [-0.05, 0) is 55.3 Å². The smallest absolute Gasteiger partial charge is 0.269 e. The van der Waals surface area contributed by atoms with E-state index in [0.717, 1.165) is 24.9 Å². The highest BCUT2D eigenvalue weighted by Crippen LogP contribution is 2.23. The molecule has 0 saturated carbocycles. The van der Waals surface area contributed by atoms with Crippen LogP contribution in [0.4, 0.5) is 4.39 Å². The molecule has 2 aromatic carbocycles. The maximum absolute atomic E-state index is 13.1. The molecule has 2 heterocycles. The Morgan fingerprint density at radius 1 is 1.15 bits per heavy atom. The number of aromatic nitrogens is 2. The fourth-order valence-electron chi connectivity index (χ4n) is 3.29. The molecule has 0 aliphatic carbocycles. The summed E-state index contributed by atoms with van der Waals surface area (Å²) in [6.07, 6.45) is 1.90. The summed E-state index contributed by atoms with van der Waals surface area (Å²) in [6.45, 7) is 1.31. The third kappa shape index (κ3) is 3.90. The number of hydrogen-bond donors (Lipinski definition) is 2. The van der Waals surface area contributed by atoms with Crippen molar-refractivity contribution in [1.29, 1.82) is 0 Å². The van der Waals surface area contributed by atoms with E-state index in [1.54, 1.807) is 22.9 Å². The lowest BCUT2D eigenvalue weighted by Gasteiger charge is -2.25. The van der Waals surface area contributed by atoms with Gasteiger partial charge in [0.05, 0.1) is 12.2 Å². The van der Waals surface area contributed by atoms with Crippen molar-refractivity contribution in [3.05, 3.63) is 77.7 Å². The Balaban J connectivity index is 1.44. The first-order valence-electron chi connectivity index (χ1n) is 9.12. The molecule has 6 heteroatoms. The summed E-state index contributed by atoms with van der Waals surface area (Å²) in [4.78, 5) is 12.2. The van der Waals surface area contributed by atoms with Crippen molar-refractivity contribution in [2.24, 2.45) is 0 Å². The van der Waals surface area contributed by atoms with Crippen LogP contribution in [0.3, 0.4) is 0 Å².